The van der Waals surface area contributed by atoms with E-state index >= 15 is 0 Å². The van der Waals surface area contributed by atoms with Crippen molar-refractivity contribution in [2.45, 2.75) is 57.9 Å². The smallest absolute Gasteiger partial charge is 0.166 e. The van der Waals surface area contributed by atoms with E-state index in [1.807, 2.05) is 0 Å². The first-order chi connectivity index (χ1) is 35.5. The molecule has 0 heterocycles. The van der Waals surface area contributed by atoms with Crippen LogP contribution in [0.3, 0.4) is 0 Å². The minimum Gasteiger partial charge on any atom is -0.166 e. The lowest BCUT2D eigenvalue weighted by Gasteiger charge is -2.43. The fourth-order valence-corrected chi connectivity index (χ4v) is 7.07. The van der Waals surface area contributed by atoms with E-state index < -0.39 is 146 Å². The van der Waals surface area contributed by atoms with Gasteiger partial charge >= 0.3 is 73.9 Å². The molecule has 0 bridgehead atoms. The van der Waals surface area contributed by atoms with Crippen molar-refractivity contribution < 1.29 is 150 Å². The molecule has 0 aliphatic heterocycles. The average Bonchev–Trinajstić information content (AvgIpc) is 3.27. The van der Waals surface area contributed by atoms with E-state index in [-0.39, 0.29) is 12.1 Å². The van der Waals surface area contributed by atoms with Crippen LogP contribution in [0.2, 0.25) is 0 Å². The Morgan fingerprint density at radius 3 is 0.610 bits per heavy atom. The molecule has 0 unspecified atom stereocenters. The molecule has 0 spiro atoms. The van der Waals surface area contributed by atoms with Crippen LogP contribution < -0.4 is 0 Å². The van der Waals surface area contributed by atoms with Crippen molar-refractivity contribution in [2.75, 3.05) is 0 Å². The molecule has 0 nitrogen and oxygen atoms in total. The van der Waals surface area contributed by atoms with Crippen molar-refractivity contribution in [1.29, 1.82) is 0 Å². The molecule has 0 aromatic heterocycles. The number of halogens is 36. The summed E-state index contributed by atoms with van der Waals surface area (Å²) in [4.78, 5) is -7.88. The SMILES string of the molecule is FC(F)(F)c1ccc(C(F)(F)F)cc1.FC(F)(F)c1cccc(C(F)(F)F)c1.FC(F)(F)c1ccccc1.FC(F)(F)c1ccccc1C(F)(F)F.FS(F)(F)(F)(F)c1cccc(S(F)(F)(F)(F)F)c1.FS(F)(F)(F)(F)c1ccccc1. The summed E-state index contributed by atoms with van der Waals surface area (Å²) in [6, 6.07) is 14.2. The van der Waals surface area contributed by atoms with Crippen LogP contribution >= 0.6 is 30.7 Å². The Bertz CT molecular complexity index is 2880. The van der Waals surface area contributed by atoms with Gasteiger partial charge in [-0.25, -0.2) is 0 Å². The number of rotatable bonds is 3. The fourth-order valence-electron chi connectivity index (χ4n) is 4.96. The standard InChI is InChI=1S/3C8H4F6.C7H5F3.C6H4F10S2.C6H5F5S/c9-7(10,11)5-1-2-6(4-3-5)8(12,13)14;9-7(10,11)5-2-1-3-6(4-5)8(12,13)14;9-7(10,11)5-3-1-2-4-6(5)8(12,13)14;8-7(9,10)6-4-2-1-3-5-6;7-17(8,9,10,11)5-2-1-3-6(4-5)18(12,13,14,15)16;7-12(8,9,10,11)6-4-2-1-3-5-6/h3*1-4H;1-5H;1-4H;1-5H. The topological polar surface area (TPSA) is 0 Å². The maximum Gasteiger partial charge on any atom is 0.417 e. The van der Waals surface area contributed by atoms with E-state index in [0.717, 1.165) is 42.5 Å². The lowest BCUT2D eigenvalue weighted by atomic mass is 10.1. The van der Waals surface area contributed by atoms with Gasteiger partial charge in [0.1, 0.15) is 14.7 Å². The predicted molar refractivity (Wildman–Crippen MR) is 228 cm³/mol. The van der Waals surface area contributed by atoms with Gasteiger partial charge in [-0.15, -0.1) is 0 Å². The van der Waals surface area contributed by atoms with Gasteiger partial charge < -0.3 is 0 Å². The molecule has 0 N–H and O–H groups in total. The molecule has 82 heavy (non-hydrogen) atoms. The lowest BCUT2D eigenvalue weighted by molar-refractivity contribution is -0.162. The maximum atomic E-state index is 12.2. The first-order valence-electron chi connectivity index (χ1n) is 19.8. The highest BCUT2D eigenvalue weighted by atomic mass is 32.5. The molecule has 0 radical (unpaired) electrons. The summed E-state index contributed by atoms with van der Waals surface area (Å²) in [6.45, 7) is 0. The summed E-state index contributed by atoms with van der Waals surface area (Å²) in [6.07, 6.45) is -32.9. The maximum absolute atomic E-state index is 12.2. The van der Waals surface area contributed by atoms with Crippen LogP contribution in [-0.2, 0) is 43.2 Å². The Morgan fingerprint density at radius 2 is 0.390 bits per heavy atom. The molecule has 0 amide bonds. The second-order valence-corrected chi connectivity index (χ2v) is 22.5. The highest BCUT2D eigenvalue weighted by Crippen LogP contribution is 3.05. The highest BCUT2D eigenvalue weighted by molar-refractivity contribution is 8.46. The zero-order chi connectivity index (χ0) is 64.9. The van der Waals surface area contributed by atoms with Crippen LogP contribution in [0.25, 0.3) is 0 Å². The zero-order valence-electron chi connectivity index (χ0n) is 38.3. The Hall–Kier alpha value is -6.15. The Morgan fingerprint density at radius 1 is 0.183 bits per heavy atom. The summed E-state index contributed by atoms with van der Waals surface area (Å²) in [5.74, 6) is 0. The van der Waals surface area contributed by atoms with Crippen molar-refractivity contribution >= 4 is 30.7 Å². The van der Waals surface area contributed by atoms with Crippen LogP contribution in [0.4, 0.5) is 150 Å². The molecule has 0 fully saturated rings. The van der Waals surface area contributed by atoms with Gasteiger partial charge in [0.2, 0.25) is 0 Å². The van der Waals surface area contributed by atoms with Crippen LogP contribution in [0.1, 0.15) is 38.9 Å². The Labute approximate surface area is 435 Å². The summed E-state index contributed by atoms with van der Waals surface area (Å²) < 4.78 is 433. The molecule has 6 aromatic carbocycles. The molecule has 0 aliphatic rings. The zero-order valence-corrected chi connectivity index (χ0v) is 40.8. The van der Waals surface area contributed by atoms with E-state index in [0.29, 0.717) is 60.7 Å². The van der Waals surface area contributed by atoms with Crippen LogP contribution in [-0.4, -0.2) is 0 Å². The van der Waals surface area contributed by atoms with Gasteiger partial charge in [0, 0.05) is 0 Å². The molecule has 0 aliphatic carbocycles. The molecular formula is C43H26F36S3. The van der Waals surface area contributed by atoms with Crippen LogP contribution in [0.5, 0.6) is 0 Å². The van der Waals surface area contributed by atoms with Crippen LogP contribution in [0, 0.1) is 0 Å². The number of hydrogen-bond donors (Lipinski definition) is 0. The molecule has 6 aromatic rings. The summed E-state index contributed by atoms with van der Waals surface area (Å²) in [7, 11) is -30.3. The minimum atomic E-state index is -10.4. The van der Waals surface area contributed by atoms with Gasteiger partial charge in [0.15, 0.2) is 0 Å². The normalized spacial score (nSPS) is 15.4. The molecular weight excluding hydrogens is 1300 g/mol. The summed E-state index contributed by atoms with van der Waals surface area (Å²) in [5.41, 5.74) is -8.70. The van der Waals surface area contributed by atoms with Gasteiger partial charge in [0.25, 0.3) is 0 Å². The molecule has 0 saturated heterocycles. The second kappa shape index (κ2) is 21.8. The van der Waals surface area contributed by atoms with Crippen molar-refractivity contribution in [1.82, 2.24) is 0 Å². The minimum absolute atomic E-state index is 0.0833. The number of benzene rings is 6. The molecule has 0 atom stereocenters. The third kappa shape index (κ3) is 26.0. The van der Waals surface area contributed by atoms with Crippen molar-refractivity contribution in [3.63, 3.8) is 0 Å². The van der Waals surface area contributed by atoms with E-state index in [2.05, 4.69) is 0 Å². The van der Waals surface area contributed by atoms with E-state index in [1.165, 1.54) is 18.2 Å². The lowest BCUT2D eigenvalue weighted by Crippen LogP contribution is -2.15. The molecule has 0 saturated carbocycles. The van der Waals surface area contributed by atoms with Gasteiger partial charge in [-0.3, -0.25) is 0 Å². The van der Waals surface area contributed by atoms with Gasteiger partial charge in [-0.05, 0) is 84.9 Å². The molecule has 39 heteroatoms. The van der Waals surface area contributed by atoms with Gasteiger partial charge in [-0.1, -0.05) is 131 Å². The van der Waals surface area contributed by atoms with Crippen molar-refractivity contribution in [3.8, 4) is 0 Å². The highest BCUT2D eigenvalue weighted by Gasteiger charge is 2.69. The summed E-state index contributed by atoms with van der Waals surface area (Å²) >= 11 is 0. The number of hydrogen-bond acceptors (Lipinski definition) is 0. The first-order valence-corrected chi connectivity index (χ1v) is 25.6. The van der Waals surface area contributed by atoms with E-state index in [9.17, 15) is 150 Å². The molecule has 468 valence electrons. The largest absolute Gasteiger partial charge is 0.417 e. The molecule has 6 rings (SSSR count). The quantitative estimate of drug-likeness (QED) is 0.155. The first kappa shape index (κ1) is 73.9. The van der Waals surface area contributed by atoms with Gasteiger partial charge in [-0.2, -0.15) is 92.2 Å². The van der Waals surface area contributed by atoms with Gasteiger partial charge in [0.05, 0.1) is 38.9 Å². The third-order valence-corrected chi connectivity index (χ3v) is 12.0. The second-order valence-electron chi connectivity index (χ2n) is 15.2. The van der Waals surface area contributed by atoms with E-state index in [4.69, 9.17) is 0 Å². The van der Waals surface area contributed by atoms with Crippen molar-refractivity contribution in [3.05, 3.63) is 197 Å². The van der Waals surface area contributed by atoms with E-state index in [1.54, 1.807) is 6.07 Å². The van der Waals surface area contributed by atoms with Crippen LogP contribution in [0.15, 0.2) is 172 Å². The third-order valence-electron chi connectivity index (χ3n) is 8.58. The Balaban J connectivity index is 0.000000496. The van der Waals surface area contributed by atoms with Crippen molar-refractivity contribution in [2.24, 2.45) is 0 Å². The average molecular weight is 1320 g/mol. The summed E-state index contributed by atoms with van der Waals surface area (Å²) in [5, 5.41) is 0. The number of alkyl halides is 21. The predicted octanol–water partition coefficient (Wildman–Crippen LogP) is 25.2. The Kier molecular flexibility index (Phi) is 19.6. The monoisotopic (exact) mass is 1320 g/mol. The fraction of sp³-hybridized carbons (Fsp3) is 0.163.